The molecule has 1 aliphatic rings. The number of sulfonamides is 1. The van der Waals surface area contributed by atoms with Crippen molar-refractivity contribution < 1.29 is 13.2 Å². The molecule has 1 fully saturated rings. The lowest BCUT2D eigenvalue weighted by Crippen LogP contribution is -2.49. The van der Waals surface area contributed by atoms with Crippen molar-refractivity contribution in [2.75, 3.05) is 11.9 Å². The van der Waals surface area contributed by atoms with E-state index in [0.29, 0.717) is 18.1 Å². The molecule has 4 rings (SSSR count). The Labute approximate surface area is 172 Å². The average Bonchev–Trinajstić information content (AvgIpc) is 3.32. The predicted octanol–water partition coefficient (Wildman–Crippen LogP) is 4.16. The maximum Gasteiger partial charge on any atom is 0.253 e. The number of aromatic nitrogens is 1. The van der Waals surface area contributed by atoms with Crippen LogP contribution in [0.4, 0.5) is 5.13 Å². The van der Waals surface area contributed by atoms with E-state index in [1.807, 2.05) is 19.9 Å². The monoisotopic (exact) mass is 435 g/mol. The number of anilines is 1. The number of amides is 1. The van der Waals surface area contributed by atoms with Crippen LogP contribution in [-0.2, 0) is 14.8 Å². The van der Waals surface area contributed by atoms with E-state index in [0.717, 1.165) is 34.2 Å². The Morgan fingerprint density at radius 1 is 1.29 bits per heavy atom. The summed E-state index contributed by atoms with van der Waals surface area (Å²) in [4.78, 5) is 17.5. The van der Waals surface area contributed by atoms with Gasteiger partial charge in [-0.3, -0.25) is 4.79 Å². The van der Waals surface area contributed by atoms with Gasteiger partial charge in [-0.25, -0.2) is 13.4 Å². The Bertz CT molecular complexity index is 1120. The molecule has 0 aliphatic carbocycles. The lowest BCUT2D eigenvalue weighted by molar-refractivity contribution is -0.120. The number of aryl methyl sites for hydroxylation is 2. The molecule has 28 heavy (non-hydrogen) atoms. The number of rotatable bonds is 4. The van der Waals surface area contributed by atoms with Gasteiger partial charge in [0.15, 0.2) is 5.13 Å². The lowest BCUT2D eigenvalue weighted by Gasteiger charge is -2.32. The van der Waals surface area contributed by atoms with Gasteiger partial charge < -0.3 is 5.32 Å². The molecule has 0 saturated carbocycles. The van der Waals surface area contributed by atoms with Crippen LogP contribution in [0.5, 0.6) is 0 Å². The van der Waals surface area contributed by atoms with Crippen LogP contribution in [0.15, 0.2) is 33.9 Å². The Morgan fingerprint density at radius 3 is 2.86 bits per heavy atom. The fourth-order valence-corrected chi connectivity index (χ4v) is 7.41. The molecule has 6 nitrogen and oxygen atoms in total. The third kappa shape index (κ3) is 3.59. The minimum atomic E-state index is -3.67. The summed E-state index contributed by atoms with van der Waals surface area (Å²) in [5.74, 6) is -0.312. The van der Waals surface area contributed by atoms with Crippen molar-refractivity contribution >= 4 is 54.0 Å². The number of thiazole rings is 1. The van der Waals surface area contributed by atoms with Crippen molar-refractivity contribution in [1.29, 1.82) is 0 Å². The Hall–Kier alpha value is -1.81. The SMILES string of the molecule is Cc1cc(C)c2nc(NC(=O)[C@@H]3CCCCN3S(=O)(=O)c3cccs3)sc2c1. The highest BCUT2D eigenvalue weighted by Gasteiger charge is 2.38. The van der Waals surface area contributed by atoms with E-state index in [1.54, 1.807) is 17.5 Å². The number of carbonyl (C=O) groups excluding carboxylic acids is 1. The number of fused-ring (bicyclic) bond motifs is 1. The molecule has 2 aromatic heterocycles. The maximum atomic E-state index is 13.0. The van der Waals surface area contributed by atoms with Gasteiger partial charge >= 0.3 is 0 Å². The number of nitrogens with one attached hydrogen (secondary N) is 1. The van der Waals surface area contributed by atoms with E-state index in [2.05, 4.69) is 16.4 Å². The molecule has 1 N–H and O–H groups in total. The van der Waals surface area contributed by atoms with Gasteiger partial charge in [0.05, 0.1) is 10.2 Å². The number of nitrogens with zero attached hydrogens (tertiary/aromatic N) is 2. The number of carbonyl (C=O) groups is 1. The van der Waals surface area contributed by atoms with E-state index < -0.39 is 16.1 Å². The predicted molar refractivity (Wildman–Crippen MR) is 114 cm³/mol. The molecule has 1 amide bonds. The number of hydrogen-bond acceptors (Lipinski definition) is 6. The van der Waals surface area contributed by atoms with Crippen LogP contribution in [0.3, 0.4) is 0 Å². The summed E-state index contributed by atoms with van der Waals surface area (Å²) in [6.45, 7) is 4.38. The first-order chi connectivity index (χ1) is 13.4. The van der Waals surface area contributed by atoms with E-state index in [4.69, 9.17) is 0 Å². The molecule has 1 atom stereocenters. The molecule has 0 bridgehead atoms. The summed E-state index contributed by atoms with van der Waals surface area (Å²) in [6, 6.07) is 6.69. The van der Waals surface area contributed by atoms with Gasteiger partial charge in [0, 0.05) is 6.54 Å². The van der Waals surface area contributed by atoms with Gasteiger partial charge in [-0.1, -0.05) is 29.9 Å². The van der Waals surface area contributed by atoms with Crippen molar-refractivity contribution in [3.05, 3.63) is 40.8 Å². The van der Waals surface area contributed by atoms with Crippen molar-refractivity contribution in [2.24, 2.45) is 0 Å². The van der Waals surface area contributed by atoms with Crippen LogP contribution in [0.25, 0.3) is 10.2 Å². The number of piperidine rings is 1. The minimum Gasteiger partial charge on any atom is -0.301 e. The third-order valence-corrected chi connectivity index (χ3v) is 9.07. The molecule has 1 saturated heterocycles. The smallest absolute Gasteiger partial charge is 0.253 e. The molecule has 0 radical (unpaired) electrons. The maximum absolute atomic E-state index is 13.0. The van der Waals surface area contributed by atoms with Crippen LogP contribution >= 0.6 is 22.7 Å². The first-order valence-corrected chi connectivity index (χ1v) is 12.2. The zero-order valence-corrected chi connectivity index (χ0v) is 18.1. The Balaban J connectivity index is 1.60. The van der Waals surface area contributed by atoms with Crippen LogP contribution in [0.1, 0.15) is 30.4 Å². The highest BCUT2D eigenvalue weighted by atomic mass is 32.2. The van der Waals surface area contributed by atoms with Crippen LogP contribution < -0.4 is 5.32 Å². The second-order valence-corrected chi connectivity index (χ2v) is 11.1. The molecule has 0 spiro atoms. The molecule has 3 aromatic rings. The average molecular weight is 436 g/mol. The topological polar surface area (TPSA) is 79.4 Å². The second kappa shape index (κ2) is 7.55. The van der Waals surface area contributed by atoms with E-state index in [1.165, 1.54) is 27.0 Å². The highest BCUT2D eigenvalue weighted by molar-refractivity contribution is 7.91. The lowest BCUT2D eigenvalue weighted by atomic mass is 10.0. The molecule has 3 heterocycles. The summed E-state index contributed by atoms with van der Waals surface area (Å²) >= 11 is 2.59. The van der Waals surface area contributed by atoms with Crippen molar-refractivity contribution in [1.82, 2.24) is 9.29 Å². The molecule has 1 aromatic carbocycles. The van der Waals surface area contributed by atoms with Crippen molar-refractivity contribution in [3.8, 4) is 0 Å². The third-order valence-electron chi connectivity index (χ3n) is 4.87. The molecule has 9 heteroatoms. The van der Waals surface area contributed by atoms with Crippen LogP contribution in [0, 0.1) is 13.8 Å². The van der Waals surface area contributed by atoms with Gasteiger partial charge in [0.2, 0.25) is 5.91 Å². The first-order valence-electron chi connectivity index (χ1n) is 9.10. The minimum absolute atomic E-state index is 0.276. The van der Waals surface area contributed by atoms with Crippen LogP contribution in [0.2, 0.25) is 0 Å². The quantitative estimate of drug-likeness (QED) is 0.667. The summed E-state index contributed by atoms with van der Waals surface area (Å²) in [5.41, 5.74) is 3.08. The Kier molecular flexibility index (Phi) is 5.26. The second-order valence-electron chi connectivity index (χ2n) is 7.00. The van der Waals surface area contributed by atoms with Gasteiger partial charge in [-0.15, -0.1) is 11.3 Å². The van der Waals surface area contributed by atoms with Gasteiger partial charge in [-0.05, 0) is 55.3 Å². The van der Waals surface area contributed by atoms with Gasteiger partial charge in [0.1, 0.15) is 10.3 Å². The zero-order chi connectivity index (χ0) is 19.9. The highest BCUT2D eigenvalue weighted by Crippen LogP contribution is 2.31. The molecular weight excluding hydrogens is 414 g/mol. The van der Waals surface area contributed by atoms with Crippen molar-refractivity contribution in [2.45, 2.75) is 43.4 Å². The van der Waals surface area contributed by atoms with E-state index in [-0.39, 0.29) is 10.1 Å². The standard InChI is InChI=1S/C19H21N3O3S3/c1-12-10-13(2)17-15(11-12)27-19(20-17)21-18(23)14-6-3-4-8-22(14)28(24,25)16-7-5-9-26-16/h5,7,9-11,14H,3-4,6,8H2,1-2H3,(H,20,21,23)/t14-/m0/s1. The number of benzene rings is 1. The fraction of sp³-hybridized carbons (Fsp3) is 0.368. The zero-order valence-electron chi connectivity index (χ0n) is 15.6. The number of hydrogen-bond donors (Lipinski definition) is 1. The summed E-state index contributed by atoms with van der Waals surface area (Å²) in [6.07, 6.45) is 2.10. The van der Waals surface area contributed by atoms with Crippen molar-refractivity contribution in [3.63, 3.8) is 0 Å². The molecule has 0 unspecified atom stereocenters. The molecule has 1 aliphatic heterocycles. The summed E-state index contributed by atoms with van der Waals surface area (Å²) in [7, 11) is -3.67. The molecular formula is C19H21N3O3S3. The number of thiophene rings is 1. The Morgan fingerprint density at radius 2 is 2.11 bits per heavy atom. The van der Waals surface area contributed by atoms with E-state index in [9.17, 15) is 13.2 Å². The molecule has 148 valence electrons. The largest absolute Gasteiger partial charge is 0.301 e. The van der Waals surface area contributed by atoms with Crippen LogP contribution in [-0.4, -0.2) is 36.2 Å². The normalized spacial score (nSPS) is 18.4. The van der Waals surface area contributed by atoms with Gasteiger partial charge in [0.25, 0.3) is 10.0 Å². The van der Waals surface area contributed by atoms with Gasteiger partial charge in [-0.2, -0.15) is 4.31 Å². The summed E-state index contributed by atoms with van der Waals surface area (Å²) < 4.78 is 28.6. The fourth-order valence-electron chi connectivity index (χ4n) is 3.59. The summed E-state index contributed by atoms with van der Waals surface area (Å²) in [5, 5.41) is 5.10. The van der Waals surface area contributed by atoms with E-state index >= 15 is 0 Å². The first kappa shape index (κ1) is 19.5.